The third-order valence-corrected chi connectivity index (χ3v) is 4.23. The summed E-state index contributed by atoms with van der Waals surface area (Å²) < 4.78 is 0. The van der Waals surface area contributed by atoms with Crippen molar-refractivity contribution in [3.8, 4) is 0 Å². The van der Waals surface area contributed by atoms with Crippen LogP contribution in [0.25, 0.3) is 0 Å². The highest BCUT2D eigenvalue weighted by molar-refractivity contribution is 5.94. The predicted molar refractivity (Wildman–Crippen MR) is 112 cm³/mol. The van der Waals surface area contributed by atoms with Crippen molar-refractivity contribution in [3.05, 3.63) is 0 Å². The van der Waals surface area contributed by atoms with E-state index < -0.39 is 66.7 Å². The van der Waals surface area contributed by atoms with Crippen molar-refractivity contribution in [2.24, 2.45) is 22.2 Å². The molecule has 3 amide bonds. The third-order valence-electron chi connectivity index (χ3n) is 4.23. The Kier molecular flexibility index (Phi) is 12.8. The quantitative estimate of drug-likeness (QED) is 0.0659. The smallest absolute Gasteiger partial charge is 0.328 e. The highest BCUT2D eigenvalue weighted by atomic mass is 16.4. The topological polar surface area (TPSA) is 276 Å². The average Bonchev–Trinajstić information content (AvgIpc) is 2.69. The van der Waals surface area contributed by atoms with Gasteiger partial charge in [-0.1, -0.05) is 0 Å². The van der Waals surface area contributed by atoms with Crippen molar-refractivity contribution < 1.29 is 39.6 Å². The molecule has 0 saturated carbocycles. The molecule has 0 bridgehead atoms. The van der Waals surface area contributed by atoms with E-state index >= 15 is 0 Å². The molecule has 0 fully saturated rings. The first kappa shape index (κ1) is 29.0. The number of nitrogens with two attached hydrogens (primary N) is 3. The van der Waals surface area contributed by atoms with Crippen LogP contribution in [-0.4, -0.2) is 99.6 Å². The van der Waals surface area contributed by atoms with Gasteiger partial charge in [0.05, 0.1) is 24.9 Å². The molecule has 15 nitrogen and oxygen atoms in total. The maximum absolute atomic E-state index is 12.4. The summed E-state index contributed by atoms with van der Waals surface area (Å²) in [6.45, 7) is 1.68. The Morgan fingerprint density at radius 3 is 1.88 bits per heavy atom. The molecule has 0 spiro atoms. The van der Waals surface area contributed by atoms with Crippen LogP contribution >= 0.6 is 0 Å². The molecule has 0 aliphatic heterocycles. The number of carbonyl (C=O) groups excluding carboxylic acids is 3. The van der Waals surface area contributed by atoms with Crippen molar-refractivity contribution in [1.29, 1.82) is 0 Å². The Hall–Kier alpha value is -3.01. The molecule has 6 unspecified atom stereocenters. The van der Waals surface area contributed by atoms with E-state index in [0.29, 0.717) is 6.42 Å². The van der Waals surface area contributed by atoms with E-state index in [2.05, 4.69) is 15.6 Å². The van der Waals surface area contributed by atoms with Crippen LogP contribution in [0.3, 0.4) is 0 Å². The summed E-state index contributed by atoms with van der Waals surface area (Å²) >= 11 is 0. The molecule has 0 aliphatic carbocycles. The van der Waals surface area contributed by atoms with Crippen LogP contribution in [0.1, 0.15) is 26.7 Å². The Labute approximate surface area is 184 Å². The third kappa shape index (κ3) is 10.3. The zero-order chi connectivity index (χ0) is 25.0. The van der Waals surface area contributed by atoms with Gasteiger partial charge in [0.25, 0.3) is 0 Å². The highest BCUT2D eigenvalue weighted by Crippen LogP contribution is 2.01. The number of nitrogens with one attached hydrogen (secondary N) is 3. The maximum Gasteiger partial charge on any atom is 0.328 e. The second-order valence-corrected chi connectivity index (χ2v) is 7.09. The zero-order valence-corrected chi connectivity index (χ0v) is 17.9. The lowest BCUT2D eigenvalue weighted by atomic mass is 10.1. The summed E-state index contributed by atoms with van der Waals surface area (Å²) in [7, 11) is 0. The molecule has 15 heteroatoms. The standard InChI is InChI=1S/C17H33N7O8/c1-7(26)11(15(30)24-12(8(2)27)16(31)32)23-14(29)10(6-25)22-13(28)9(18)4-3-5-21-17(19)20/h7-12,25-27H,3-6,18H2,1-2H3,(H,22,28)(H,23,29)(H,24,30)(H,31,32)(H4,19,20,21). The number of guanidine groups is 1. The van der Waals surface area contributed by atoms with Gasteiger partial charge in [0.1, 0.15) is 12.1 Å². The van der Waals surface area contributed by atoms with Crippen molar-refractivity contribution >= 4 is 29.7 Å². The lowest BCUT2D eigenvalue weighted by Crippen LogP contribution is -2.61. The van der Waals surface area contributed by atoms with Crippen LogP contribution in [-0.2, 0) is 19.2 Å². The minimum absolute atomic E-state index is 0.111. The van der Waals surface area contributed by atoms with Gasteiger partial charge in [0, 0.05) is 6.54 Å². The first-order valence-corrected chi connectivity index (χ1v) is 9.73. The molecule has 0 saturated heterocycles. The minimum atomic E-state index is -1.69. The Bertz CT molecular complexity index is 682. The number of aliphatic hydroxyl groups excluding tert-OH is 3. The van der Waals surface area contributed by atoms with Gasteiger partial charge in [0.15, 0.2) is 12.0 Å². The van der Waals surface area contributed by atoms with Crippen molar-refractivity contribution in [1.82, 2.24) is 16.0 Å². The largest absolute Gasteiger partial charge is 0.480 e. The molecule has 0 radical (unpaired) electrons. The van der Waals surface area contributed by atoms with E-state index in [1.165, 1.54) is 0 Å². The van der Waals surface area contributed by atoms with Gasteiger partial charge in [-0.3, -0.25) is 19.4 Å². The fourth-order valence-electron chi connectivity index (χ4n) is 2.41. The average molecular weight is 463 g/mol. The lowest BCUT2D eigenvalue weighted by molar-refractivity contribution is -0.146. The number of rotatable bonds is 14. The van der Waals surface area contributed by atoms with Gasteiger partial charge in [-0.05, 0) is 26.7 Å². The Morgan fingerprint density at radius 1 is 0.906 bits per heavy atom. The summed E-state index contributed by atoms with van der Waals surface area (Å²) in [6, 6.07) is -5.87. The molecule has 184 valence electrons. The number of aliphatic hydroxyl groups is 3. The summed E-state index contributed by atoms with van der Waals surface area (Å²) in [4.78, 5) is 51.7. The van der Waals surface area contributed by atoms with Crippen LogP contribution in [0.4, 0.5) is 0 Å². The van der Waals surface area contributed by atoms with E-state index in [1.807, 2.05) is 5.32 Å². The molecule has 0 aromatic rings. The Morgan fingerprint density at radius 2 is 1.44 bits per heavy atom. The van der Waals surface area contributed by atoms with Crippen LogP contribution in [0.2, 0.25) is 0 Å². The number of carboxylic acids is 1. The monoisotopic (exact) mass is 463 g/mol. The van der Waals surface area contributed by atoms with Gasteiger partial charge in [0.2, 0.25) is 17.7 Å². The number of aliphatic imine (C=N–C) groups is 1. The molecule has 0 aliphatic rings. The number of carboxylic acid groups (broad SMARTS) is 1. The van der Waals surface area contributed by atoms with E-state index in [4.69, 9.17) is 22.3 Å². The SMILES string of the molecule is CC(O)C(NC(=O)C(NC(=O)C(CO)NC(=O)C(N)CCCN=C(N)N)C(C)O)C(=O)O. The summed E-state index contributed by atoms with van der Waals surface area (Å²) in [6.07, 6.45) is -2.38. The maximum atomic E-state index is 12.4. The van der Waals surface area contributed by atoms with Crippen molar-refractivity contribution in [2.45, 2.75) is 63.1 Å². The fourth-order valence-corrected chi connectivity index (χ4v) is 2.41. The molecule has 0 aromatic heterocycles. The second kappa shape index (κ2) is 14.1. The minimum Gasteiger partial charge on any atom is -0.480 e. The number of hydrogen-bond acceptors (Lipinski definition) is 9. The van der Waals surface area contributed by atoms with Crippen molar-refractivity contribution in [3.63, 3.8) is 0 Å². The van der Waals surface area contributed by atoms with Crippen molar-refractivity contribution in [2.75, 3.05) is 13.2 Å². The van der Waals surface area contributed by atoms with Gasteiger partial charge < -0.3 is 53.6 Å². The molecular formula is C17H33N7O8. The first-order chi connectivity index (χ1) is 14.8. The fraction of sp³-hybridized carbons (Fsp3) is 0.706. The molecule has 0 heterocycles. The molecule has 0 aromatic carbocycles. The van der Waals surface area contributed by atoms with Crippen LogP contribution in [0.5, 0.6) is 0 Å². The predicted octanol–water partition coefficient (Wildman–Crippen LogP) is -5.34. The van der Waals surface area contributed by atoms with E-state index in [1.54, 1.807) is 0 Å². The number of nitrogens with zero attached hydrogens (tertiary/aromatic N) is 1. The zero-order valence-electron chi connectivity index (χ0n) is 17.9. The van der Waals surface area contributed by atoms with E-state index in [9.17, 15) is 34.5 Å². The number of amides is 3. The molecule has 32 heavy (non-hydrogen) atoms. The number of aliphatic carboxylic acids is 1. The first-order valence-electron chi connectivity index (χ1n) is 9.73. The van der Waals surface area contributed by atoms with Gasteiger partial charge in [-0.15, -0.1) is 0 Å². The number of hydrogen-bond donors (Lipinski definition) is 10. The molecule has 13 N–H and O–H groups in total. The normalized spacial score (nSPS) is 16.4. The Balaban J connectivity index is 5.04. The second-order valence-electron chi connectivity index (χ2n) is 7.09. The number of carbonyl (C=O) groups is 4. The summed E-state index contributed by atoms with van der Waals surface area (Å²) in [5, 5.41) is 44.1. The molecule has 0 rings (SSSR count). The van der Waals surface area contributed by atoms with Crippen LogP contribution in [0.15, 0.2) is 4.99 Å². The van der Waals surface area contributed by atoms with Crippen LogP contribution < -0.4 is 33.2 Å². The summed E-state index contributed by atoms with van der Waals surface area (Å²) in [5.41, 5.74) is 16.1. The molecule has 6 atom stereocenters. The molecular weight excluding hydrogens is 430 g/mol. The van der Waals surface area contributed by atoms with E-state index in [-0.39, 0.29) is 18.9 Å². The van der Waals surface area contributed by atoms with Gasteiger partial charge >= 0.3 is 5.97 Å². The highest BCUT2D eigenvalue weighted by Gasteiger charge is 2.33. The lowest BCUT2D eigenvalue weighted by Gasteiger charge is -2.26. The van der Waals surface area contributed by atoms with Crippen LogP contribution in [0, 0.1) is 0 Å². The summed E-state index contributed by atoms with van der Waals surface area (Å²) in [5.74, 6) is -4.53. The van der Waals surface area contributed by atoms with E-state index in [0.717, 1.165) is 13.8 Å². The van der Waals surface area contributed by atoms with Gasteiger partial charge in [-0.2, -0.15) is 0 Å². The van der Waals surface area contributed by atoms with Gasteiger partial charge in [-0.25, -0.2) is 4.79 Å².